The Morgan fingerprint density at radius 3 is 2.19 bits per heavy atom. The Bertz CT molecular complexity index is 314. The molecule has 0 spiro atoms. The van der Waals surface area contributed by atoms with Gasteiger partial charge in [-0.05, 0) is 50.3 Å². The third-order valence-electron chi connectivity index (χ3n) is 2.74. The Labute approximate surface area is 98.4 Å². The molecule has 1 unspecified atom stereocenters. The van der Waals surface area contributed by atoms with Gasteiger partial charge in [-0.3, -0.25) is 16.3 Å². The lowest BCUT2D eigenvalue weighted by Gasteiger charge is -2.18. The lowest BCUT2D eigenvalue weighted by Crippen LogP contribution is -2.28. The van der Waals surface area contributed by atoms with Gasteiger partial charge in [0.2, 0.25) is 0 Å². The summed E-state index contributed by atoms with van der Waals surface area (Å²) < 4.78 is 0. The zero-order valence-electron chi connectivity index (χ0n) is 10.7. The fourth-order valence-corrected chi connectivity index (χ4v) is 1.91. The van der Waals surface area contributed by atoms with E-state index in [2.05, 4.69) is 36.4 Å². The molecule has 0 fully saturated rings. The van der Waals surface area contributed by atoms with E-state index in [1.54, 1.807) is 0 Å². The van der Waals surface area contributed by atoms with Gasteiger partial charge in [-0.25, -0.2) is 0 Å². The molecule has 16 heavy (non-hydrogen) atoms. The molecule has 0 radical (unpaired) electrons. The molecule has 3 nitrogen and oxygen atoms in total. The molecule has 0 bridgehead atoms. The van der Waals surface area contributed by atoms with Crippen LogP contribution in [0.3, 0.4) is 0 Å². The fraction of sp³-hybridized carbons (Fsp3) is 0.615. The summed E-state index contributed by atoms with van der Waals surface area (Å²) in [6.07, 6.45) is 2.24. The highest BCUT2D eigenvalue weighted by Gasteiger charge is 2.11. The predicted molar refractivity (Wildman–Crippen MR) is 67.8 cm³/mol. The summed E-state index contributed by atoms with van der Waals surface area (Å²) in [4.78, 5) is 4.38. The maximum absolute atomic E-state index is 5.62. The van der Waals surface area contributed by atoms with Crippen molar-refractivity contribution in [3.63, 3.8) is 0 Å². The van der Waals surface area contributed by atoms with E-state index >= 15 is 0 Å². The maximum atomic E-state index is 5.62. The highest BCUT2D eigenvalue weighted by molar-refractivity contribution is 5.23. The number of hydrogen-bond acceptors (Lipinski definition) is 3. The first-order valence-electron chi connectivity index (χ1n) is 5.94. The molecular formula is C13H23N3. The molecule has 0 aromatic carbocycles. The van der Waals surface area contributed by atoms with Gasteiger partial charge in [-0.15, -0.1) is 0 Å². The number of nitrogens with one attached hydrogen (secondary N) is 1. The largest absolute Gasteiger partial charge is 0.271 e. The Balaban J connectivity index is 2.78. The molecule has 0 aliphatic carbocycles. The standard InChI is InChI=1S/C13H23N3/c1-9(2)5-6-13(16-14)12-7-10(3)15-11(4)8-12/h7-9,13,16H,5-6,14H2,1-4H3. The lowest BCUT2D eigenvalue weighted by atomic mass is 9.98. The summed E-state index contributed by atoms with van der Waals surface area (Å²) >= 11 is 0. The van der Waals surface area contributed by atoms with Crippen LogP contribution < -0.4 is 11.3 Å². The molecule has 1 aromatic rings. The quantitative estimate of drug-likeness (QED) is 0.593. The molecule has 0 aliphatic heterocycles. The van der Waals surface area contributed by atoms with E-state index in [4.69, 9.17) is 5.84 Å². The molecule has 0 saturated carbocycles. The van der Waals surface area contributed by atoms with Gasteiger partial charge < -0.3 is 0 Å². The number of aromatic nitrogens is 1. The van der Waals surface area contributed by atoms with Crippen LogP contribution in [0.1, 0.15) is 49.7 Å². The first-order valence-corrected chi connectivity index (χ1v) is 5.94. The first kappa shape index (κ1) is 13.1. The maximum Gasteiger partial charge on any atom is 0.0461 e. The lowest BCUT2D eigenvalue weighted by molar-refractivity contribution is 0.447. The van der Waals surface area contributed by atoms with Crippen molar-refractivity contribution in [3.8, 4) is 0 Å². The minimum Gasteiger partial charge on any atom is -0.271 e. The minimum atomic E-state index is 0.239. The van der Waals surface area contributed by atoms with Crippen molar-refractivity contribution in [2.75, 3.05) is 0 Å². The van der Waals surface area contributed by atoms with Crippen LogP contribution in [0.4, 0.5) is 0 Å². The Kier molecular flexibility index (Phi) is 4.90. The zero-order valence-corrected chi connectivity index (χ0v) is 10.7. The second kappa shape index (κ2) is 5.97. The van der Waals surface area contributed by atoms with Gasteiger partial charge in [-0.1, -0.05) is 13.8 Å². The Morgan fingerprint density at radius 2 is 1.75 bits per heavy atom. The molecule has 3 N–H and O–H groups in total. The van der Waals surface area contributed by atoms with E-state index in [9.17, 15) is 0 Å². The van der Waals surface area contributed by atoms with Gasteiger partial charge >= 0.3 is 0 Å². The molecule has 3 heteroatoms. The van der Waals surface area contributed by atoms with Gasteiger partial charge in [0.15, 0.2) is 0 Å². The summed E-state index contributed by atoms with van der Waals surface area (Å²) in [5.74, 6) is 6.33. The van der Waals surface area contributed by atoms with Gasteiger partial charge in [0.1, 0.15) is 0 Å². The van der Waals surface area contributed by atoms with Crippen LogP contribution in [0.2, 0.25) is 0 Å². The zero-order chi connectivity index (χ0) is 12.1. The number of rotatable bonds is 5. The Hall–Kier alpha value is -0.930. The number of nitrogens with two attached hydrogens (primary N) is 1. The Morgan fingerprint density at radius 1 is 1.19 bits per heavy atom. The van der Waals surface area contributed by atoms with Gasteiger partial charge in [-0.2, -0.15) is 0 Å². The van der Waals surface area contributed by atoms with E-state index in [1.165, 1.54) is 12.0 Å². The first-order chi connectivity index (χ1) is 7.52. The molecule has 1 aromatic heterocycles. The summed E-state index contributed by atoms with van der Waals surface area (Å²) in [7, 11) is 0. The van der Waals surface area contributed by atoms with Crippen molar-refractivity contribution < 1.29 is 0 Å². The molecule has 1 atom stereocenters. The van der Waals surface area contributed by atoms with Gasteiger partial charge in [0, 0.05) is 17.4 Å². The molecule has 0 aliphatic rings. The van der Waals surface area contributed by atoms with Gasteiger partial charge in [0.05, 0.1) is 0 Å². The van der Waals surface area contributed by atoms with Crippen LogP contribution in [-0.2, 0) is 0 Å². The van der Waals surface area contributed by atoms with E-state index in [0.717, 1.165) is 17.8 Å². The molecular weight excluding hydrogens is 198 g/mol. The second-order valence-corrected chi connectivity index (χ2v) is 4.87. The van der Waals surface area contributed by atoms with Crippen LogP contribution in [0, 0.1) is 19.8 Å². The van der Waals surface area contributed by atoms with Crippen LogP contribution in [-0.4, -0.2) is 4.98 Å². The monoisotopic (exact) mass is 221 g/mol. The van der Waals surface area contributed by atoms with Crippen LogP contribution in [0.15, 0.2) is 12.1 Å². The van der Waals surface area contributed by atoms with Gasteiger partial charge in [0.25, 0.3) is 0 Å². The summed E-state index contributed by atoms with van der Waals surface area (Å²) in [6, 6.07) is 4.46. The van der Waals surface area contributed by atoms with Crippen molar-refractivity contribution in [1.29, 1.82) is 0 Å². The van der Waals surface area contributed by atoms with Crippen molar-refractivity contribution >= 4 is 0 Å². The molecule has 90 valence electrons. The summed E-state index contributed by atoms with van der Waals surface area (Å²) in [5, 5.41) is 0. The predicted octanol–water partition coefficient (Wildman–Crippen LogP) is 2.64. The fourth-order valence-electron chi connectivity index (χ4n) is 1.91. The highest BCUT2D eigenvalue weighted by Crippen LogP contribution is 2.21. The minimum absolute atomic E-state index is 0.239. The smallest absolute Gasteiger partial charge is 0.0461 e. The van der Waals surface area contributed by atoms with Crippen molar-refractivity contribution in [2.24, 2.45) is 11.8 Å². The number of hydrazine groups is 1. The third kappa shape index (κ3) is 3.91. The van der Waals surface area contributed by atoms with Crippen LogP contribution in [0.5, 0.6) is 0 Å². The number of aryl methyl sites for hydroxylation is 2. The van der Waals surface area contributed by atoms with Crippen molar-refractivity contribution in [2.45, 2.75) is 46.6 Å². The average molecular weight is 221 g/mol. The summed E-state index contributed by atoms with van der Waals surface area (Å²) in [6.45, 7) is 8.51. The number of nitrogens with zero attached hydrogens (tertiary/aromatic N) is 1. The normalized spacial score (nSPS) is 13.1. The van der Waals surface area contributed by atoms with E-state index in [-0.39, 0.29) is 6.04 Å². The van der Waals surface area contributed by atoms with Crippen molar-refractivity contribution in [3.05, 3.63) is 29.1 Å². The highest BCUT2D eigenvalue weighted by atomic mass is 15.2. The van der Waals surface area contributed by atoms with E-state index in [0.29, 0.717) is 5.92 Å². The number of pyridine rings is 1. The van der Waals surface area contributed by atoms with E-state index in [1.807, 2.05) is 13.8 Å². The van der Waals surface area contributed by atoms with Crippen LogP contribution >= 0.6 is 0 Å². The molecule has 0 saturated heterocycles. The van der Waals surface area contributed by atoms with E-state index < -0.39 is 0 Å². The third-order valence-corrected chi connectivity index (χ3v) is 2.74. The second-order valence-electron chi connectivity index (χ2n) is 4.87. The topological polar surface area (TPSA) is 50.9 Å². The van der Waals surface area contributed by atoms with Crippen LogP contribution in [0.25, 0.3) is 0 Å². The number of hydrogen-bond donors (Lipinski definition) is 2. The molecule has 1 heterocycles. The SMILES string of the molecule is Cc1cc(C(CCC(C)C)NN)cc(C)n1. The molecule has 0 amide bonds. The summed E-state index contributed by atoms with van der Waals surface area (Å²) in [5.41, 5.74) is 6.25. The molecule has 1 rings (SSSR count). The van der Waals surface area contributed by atoms with Crippen molar-refractivity contribution in [1.82, 2.24) is 10.4 Å². The average Bonchev–Trinajstić information content (AvgIpc) is 2.16.